The highest BCUT2D eigenvalue weighted by molar-refractivity contribution is 6.00. The van der Waals surface area contributed by atoms with E-state index in [-0.39, 0.29) is 17.9 Å². The molecule has 1 aromatic rings. The Balaban J connectivity index is 1.67. The fraction of sp³-hybridized carbons (Fsp3) is 0.429. The van der Waals surface area contributed by atoms with Crippen LogP contribution in [0.3, 0.4) is 0 Å². The topological polar surface area (TPSA) is 58.2 Å². The Labute approximate surface area is 107 Å². The van der Waals surface area contributed by atoms with E-state index in [0.717, 1.165) is 19.4 Å². The maximum Gasteiger partial charge on any atom is 0.243 e. The van der Waals surface area contributed by atoms with Gasteiger partial charge in [0.2, 0.25) is 11.8 Å². The van der Waals surface area contributed by atoms with Gasteiger partial charge in [0.25, 0.3) is 0 Å². The number of aryl methyl sites for hydroxylation is 1. The molecule has 0 aliphatic carbocycles. The van der Waals surface area contributed by atoms with Crippen molar-refractivity contribution < 1.29 is 9.59 Å². The Kier molecular flexibility index (Phi) is 4.47. The van der Waals surface area contributed by atoms with Gasteiger partial charge in [0.1, 0.15) is 0 Å². The standard InChI is InChI=1S/C14H18N2O2/c17-13-9-8-12(14(18)16-13)15-10-4-7-11-5-2-1-3-6-11/h1-3,5-6,12,15H,4,7-10H2,(H,16,17,18). The lowest BCUT2D eigenvalue weighted by molar-refractivity contribution is -0.134. The predicted octanol–water partition coefficient (Wildman–Crippen LogP) is 1.01. The van der Waals surface area contributed by atoms with Gasteiger partial charge in [-0.3, -0.25) is 14.9 Å². The molecule has 1 aromatic carbocycles. The van der Waals surface area contributed by atoms with Crippen LogP contribution in [0.2, 0.25) is 0 Å². The quantitative estimate of drug-likeness (QED) is 0.602. The van der Waals surface area contributed by atoms with Crippen molar-refractivity contribution in [3.8, 4) is 0 Å². The van der Waals surface area contributed by atoms with E-state index in [1.165, 1.54) is 5.56 Å². The van der Waals surface area contributed by atoms with E-state index >= 15 is 0 Å². The van der Waals surface area contributed by atoms with E-state index in [9.17, 15) is 9.59 Å². The zero-order valence-electron chi connectivity index (χ0n) is 10.3. The summed E-state index contributed by atoms with van der Waals surface area (Å²) in [5.74, 6) is -0.353. The van der Waals surface area contributed by atoms with Gasteiger partial charge in [-0.1, -0.05) is 30.3 Å². The number of benzene rings is 1. The smallest absolute Gasteiger partial charge is 0.243 e. The zero-order valence-corrected chi connectivity index (χ0v) is 10.3. The van der Waals surface area contributed by atoms with E-state index in [2.05, 4.69) is 22.8 Å². The van der Waals surface area contributed by atoms with Crippen molar-refractivity contribution in [2.45, 2.75) is 31.7 Å². The summed E-state index contributed by atoms with van der Waals surface area (Å²) in [7, 11) is 0. The minimum absolute atomic E-state index is 0.165. The van der Waals surface area contributed by atoms with Crippen molar-refractivity contribution in [1.82, 2.24) is 10.6 Å². The third kappa shape index (κ3) is 3.67. The second-order valence-electron chi connectivity index (χ2n) is 4.55. The van der Waals surface area contributed by atoms with Crippen LogP contribution in [0.4, 0.5) is 0 Å². The molecule has 4 heteroatoms. The van der Waals surface area contributed by atoms with Gasteiger partial charge in [-0.2, -0.15) is 0 Å². The average Bonchev–Trinajstić information content (AvgIpc) is 2.38. The molecule has 0 spiro atoms. The SMILES string of the molecule is O=C1CCC(NCCCc2ccccc2)C(=O)N1. The first kappa shape index (κ1) is 12.8. The monoisotopic (exact) mass is 246 g/mol. The number of hydrogen-bond acceptors (Lipinski definition) is 3. The van der Waals surface area contributed by atoms with Gasteiger partial charge in [-0.15, -0.1) is 0 Å². The average molecular weight is 246 g/mol. The Bertz CT molecular complexity index is 417. The van der Waals surface area contributed by atoms with Crippen LogP contribution in [-0.4, -0.2) is 24.4 Å². The molecule has 0 bridgehead atoms. The van der Waals surface area contributed by atoms with Gasteiger partial charge in [-0.25, -0.2) is 0 Å². The minimum atomic E-state index is -0.210. The van der Waals surface area contributed by atoms with Gasteiger partial charge in [-0.05, 0) is 31.4 Å². The molecule has 2 amide bonds. The summed E-state index contributed by atoms with van der Waals surface area (Å²) >= 11 is 0. The molecule has 2 rings (SSSR count). The molecule has 0 saturated carbocycles. The molecule has 1 atom stereocenters. The van der Waals surface area contributed by atoms with Crippen LogP contribution in [-0.2, 0) is 16.0 Å². The Hall–Kier alpha value is -1.68. The number of carbonyl (C=O) groups is 2. The first-order valence-electron chi connectivity index (χ1n) is 6.37. The van der Waals surface area contributed by atoms with Crippen LogP contribution in [0.1, 0.15) is 24.8 Å². The van der Waals surface area contributed by atoms with Gasteiger partial charge >= 0.3 is 0 Å². The number of rotatable bonds is 5. The third-order valence-electron chi connectivity index (χ3n) is 3.11. The van der Waals surface area contributed by atoms with Crippen molar-refractivity contribution in [2.24, 2.45) is 0 Å². The summed E-state index contributed by atoms with van der Waals surface area (Å²) in [6.45, 7) is 0.793. The molecule has 1 heterocycles. The van der Waals surface area contributed by atoms with Crippen LogP contribution in [0.15, 0.2) is 30.3 Å². The van der Waals surface area contributed by atoms with E-state index in [1.807, 2.05) is 18.2 Å². The molecular weight excluding hydrogens is 228 g/mol. The lowest BCUT2D eigenvalue weighted by Crippen LogP contribution is -2.50. The molecule has 1 fully saturated rings. The number of amides is 2. The molecule has 2 N–H and O–H groups in total. The van der Waals surface area contributed by atoms with Gasteiger partial charge < -0.3 is 5.32 Å². The highest BCUT2D eigenvalue weighted by Crippen LogP contribution is 2.05. The van der Waals surface area contributed by atoms with Crippen LogP contribution >= 0.6 is 0 Å². The maximum atomic E-state index is 11.5. The Morgan fingerprint density at radius 2 is 2.00 bits per heavy atom. The summed E-state index contributed by atoms with van der Waals surface area (Å²) in [6, 6.07) is 10.1. The summed E-state index contributed by atoms with van der Waals surface area (Å²) in [5.41, 5.74) is 1.31. The predicted molar refractivity (Wildman–Crippen MR) is 68.9 cm³/mol. The lowest BCUT2D eigenvalue weighted by Gasteiger charge is -2.21. The summed E-state index contributed by atoms with van der Waals surface area (Å²) < 4.78 is 0. The third-order valence-corrected chi connectivity index (χ3v) is 3.11. The van der Waals surface area contributed by atoms with Crippen molar-refractivity contribution in [3.63, 3.8) is 0 Å². The molecule has 96 valence electrons. The Morgan fingerprint density at radius 3 is 2.72 bits per heavy atom. The van der Waals surface area contributed by atoms with Crippen LogP contribution < -0.4 is 10.6 Å². The summed E-state index contributed by atoms with van der Waals surface area (Å²) in [5, 5.41) is 5.55. The number of imide groups is 1. The van der Waals surface area contributed by atoms with Crippen molar-refractivity contribution >= 4 is 11.8 Å². The maximum absolute atomic E-state index is 11.5. The van der Waals surface area contributed by atoms with Crippen molar-refractivity contribution in [3.05, 3.63) is 35.9 Å². The molecular formula is C14H18N2O2. The Morgan fingerprint density at radius 1 is 1.22 bits per heavy atom. The summed E-state index contributed by atoms with van der Waals surface area (Å²) in [4.78, 5) is 22.4. The number of piperidine rings is 1. The van der Waals surface area contributed by atoms with E-state index in [0.29, 0.717) is 12.8 Å². The van der Waals surface area contributed by atoms with Crippen molar-refractivity contribution in [2.75, 3.05) is 6.54 Å². The molecule has 1 unspecified atom stereocenters. The molecule has 1 saturated heterocycles. The van der Waals surface area contributed by atoms with E-state index in [4.69, 9.17) is 0 Å². The normalized spacial score (nSPS) is 19.7. The van der Waals surface area contributed by atoms with Gasteiger partial charge in [0, 0.05) is 6.42 Å². The van der Waals surface area contributed by atoms with Crippen LogP contribution in [0.25, 0.3) is 0 Å². The van der Waals surface area contributed by atoms with Crippen LogP contribution in [0.5, 0.6) is 0 Å². The molecule has 0 radical (unpaired) electrons. The van der Waals surface area contributed by atoms with E-state index in [1.54, 1.807) is 0 Å². The van der Waals surface area contributed by atoms with Gasteiger partial charge in [0.15, 0.2) is 0 Å². The number of hydrogen-bond donors (Lipinski definition) is 2. The fourth-order valence-corrected chi connectivity index (χ4v) is 2.10. The van der Waals surface area contributed by atoms with Gasteiger partial charge in [0.05, 0.1) is 6.04 Å². The molecule has 0 aromatic heterocycles. The summed E-state index contributed by atoms with van der Waals surface area (Å²) in [6.07, 6.45) is 3.03. The van der Waals surface area contributed by atoms with Crippen LogP contribution in [0, 0.1) is 0 Å². The first-order valence-corrected chi connectivity index (χ1v) is 6.37. The fourth-order valence-electron chi connectivity index (χ4n) is 2.10. The van der Waals surface area contributed by atoms with Crippen molar-refractivity contribution in [1.29, 1.82) is 0 Å². The second-order valence-corrected chi connectivity index (χ2v) is 4.55. The molecule has 4 nitrogen and oxygen atoms in total. The first-order chi connectivity index (χ1) is 8.75. The molecule has 1 aliphatic heterocycles. The highest BCUT2D eigenvalue weighted by Gasteiger charge is 2.25. The zero-order chi connectivity index (χ0) is 12.8. The molecule has 18 heavy (non-hydrogen) atoms. The lowest BCUT2D eigenvalue weighted by atomic mass is 10.1. The highest BCUT2D eigenvalue weighted by atomic mass is 16.2. The minimum Gasteiger partial charge on any atom is -0.306 e. The number of carbonyl (C=O) groups excluding carboxylic acids is 2. The second kappa shape index (κ2) is 6.31. The largest absolute Gasteiger partial charge is 0.306 e. The molecule has 1 aliphatic rings. The number of nitrogens with one attached hydrogen (secondary N) is 2. The van der Waals surface area contributed by atoms with E-state index < -0.39 is 0 Å².